The maximum atomic E-state index is 12.1. The molecule has 0 aliphatic carbocycles. The van der Waals surface area contributed by atoms with Crippen LogP contribution < -0.4 is 4.74 Å². The first kappa shape index (κ1) is 16.2. The Morgan fingerprint density at radius 2 is 1.55 bits per heavy atom. The third-order valence-corrected chi connectivity index (χ3v) is 4.79. The van der Waals surface area contributed by atoms with E-state index >= 15 is 0 Å². The Bertz CT molecular complexity index is 615. The average molecular weight is 528 g/mol. The van der Waals surface area contributed by atoms with Crippen LogP contribution in [0.25, 0.3) is 0 Å². The number of rotatable bonds is 3. The number of benzene rings is 2. The highest BCUT2D eigenvalue weighted by molar-refractivity contribution is 9.11. The molecule has 0 aromatic heterocycles. The minimum atomic E-state index is -0.394. The van der Waals surface area contributed by atoms with Crippen LogP contribution in [0.15, 0.2) is 49.8 Å². The Morgan fingerprint density at radius 1 is 1.00 bits per heavy atom. The maximum Gasteiger partial charge on any atom is 0.343 e. The van der Waals surface area contributed by atoms with E-state index < -0.39 is 5.97 Å². The molecule has 0 saturated carbocycles. The van der Waals surface area contributed by atoms with Crippen LogP contribution in [0.5, 0.6) is 5.75 Å². The largest absolute Gasteiger partial charge is 0.421 e. The molecular weight excluding hydrogens is 520 g/mol. The minimum absolute atomic E-state index is 0.394. The molecule has 104 valence electrons. The van der Waals surface area contributed by atoms with E-state index in [1.165, 1.54) is 0 Å². The Balaban J connectivity index is 2.23. The molecule has 2 aromatic rings. The normalized spacial score (nSPS) is 10.4. The van der Waals surface area contributed by atoms with Gasteiger partial charge in [-0.1, -0.05) is 44.0 Å². The van der Waals surface area contributed by atoms with E-state index in [0.717, 1.165) is 15.4 Å². The molecule has 0 saturated heterocycles. The first-order valence-electron chi connectivity index (χ1n) is 5.53. The molecule has 6 heteroatoms. The first-order chi connectivity index (χ1) is 9.51. The molecule has 0 aliphatic heterocycles. The lowest BCUT2D eigenvalue weighted by Crippen LogP contribution is -2.09. The molecule has 0 unspecified atom stereocenters. The fourth-order valence-corrected chi connectivity index (χ4v) is 4.30. The predicted octanol–water partition coefficient (Wildman–Crippen LogP) is 6.09. The molecule has 2 aromatic carbocycles. The summed E-state index contributed by atoms with van der Waals surface area (Å²) >= 11 is 13.5. The number of hydrogen-bond acceptors (Lipinski definition) is 2. The third-order valence-electron chi connectivity index (χ3n) is 2.50. The lowest BCUT2D eigenvalue weighted by Gasteiger charge is -2.09. The van der Waals surface area contributed by atoms with Crippen LogP contribution >= 0.6 is 63.7 Å². The monoisotopic (exact) mass is 524 g/mol. The number of alkyl halides is 1. The van der Waals surface area contributed by atoms with Crippen molar-refractivity contribution in [2.45, 2.75) is 5.33 Å². The molecule has 20 heavy (non-hydrogen) atoms. The van der Waals surface area contributed by atoms with Crippen LogP contribution in [-0.2, 0) is 5.33 Å². The zero-order valence-corrected chi connectivity index (χ0v) is 16.3. The average Bonchev–Trinajstić information content (AvgIpc) is 2.42. The zero-order valence-electron chi connectivity index (χ0n) is 10.00. The van der Waals surface area contributed by atoms with Gasteiger partial charge in [0.25, 0.3) is 0 Å². The molecule has 0 amide bonds. The number of ether oxygens (including phenoxy) is 1. The number of carbonyl (C=O) groups excluding carboxylic acids is 1. The topological polar surface area (TPSA) is 26.3 Å². The van der Waals surface area contributed by atoms with E-state index in [4.69, 9.17) is 4.74 Å². The van der Waals surface area contributed by atoms with Gasteiger partial charge in [0.05, 0.1) is 14.5 Å². The smallest absolute Gasteiger partial charge is 0.343 e. The number of esters is 1. The molecule has 0 fully saturated rings. The van der Waals surface area contributed by atoms with Crippen molar-refractivity contribution < 1.29 is 9.53 Å². The van der Waals surface area contributed by atoms with Crippen molar-refractivity contribution in [1.82, 2.24) is 0 Å². The summed E-state index contributed by atoms with van der Waals surface area (Å²) in [5.41, 5.74) is 1.61. The highest BCUT2D eigenvalue weighted by Crippen LogP contribution is 2.36. The fraction of sp³-hybridized carbons (Fsp3) is 0.0714. The molecule has 0 bridgehead atoms. The highest BCUT2D eigenvalue weighted by atomic mass is 79.9. The third kappa shape index (κ3) is 3.93. The van der Waals surface area contributed by atoms with Crippen molar-refractivity contribution in [2.24, 2.45) is 0 Å². The number of hydrogen-bond donors (Lipinski definition) is 0. The quantitative estimate of drug-likeness (QED) is 0.274. The van der Waals surface area contributed by atoms with Crippen LogP contribution in [-0.4, -0.2) is 5.97 Å². The van der Waals surface area contributed by atoms with Crippen LogP contribution in [0.2, 0.25) is 0 Å². The molecule has 2 rings (SSSR count). The van der Waals surface area contributed by atoms with Crippen LogP contribution in [0.4, 0.5) is 0 Å². The van der Waals surface area contributed by atoms with Crippen LogP contribution in [0.1, 0.15) is 15.9 Å². The Labute approximate surface area is 150 Å². The summed E-state index contributed by atoms with van der Waals surface area (Å²) in [4.78, 5) is 12.1. The highest BCUT2D eigenvalue weighted by Gasteiger charge is 2.14. The summed E-state index contributed by atoms with van der Waals surface area (Å²) in [5, 5.41) is 0.756. The molecule has 0 aliphatic rings. The lowest BCUT2D eigenvalue weighted by atomic mass is 10.1. The van der Waals surface area contributed by atoms with Gasteiger partial charge >= 0.3 is 5.97 Å². The fourth-order valence-electron chi connectivity index (χ4n) is 1.51. The van der Waals surface area contributed by atoms with E-state index in [1.54, 1.807) is 12.1 Å². The summed E-state index contributed by atoms with van der Waals surface area (Å²) in [7, 11) is 0. The van der Waals surface area contributed by atoms with Crippen molar-refractivity contribution in [3.63, 3.8) is 0 Å². The summed E-state index contributed by atoms with van der Waals surface area (Å²) in [6.45, 7) is 0. The van der Waals surface area contributed by atoms with E-state index in [9.17, 15) is 4.79 Å². The van der Waals surface area contributed by atoms with E-state index in [0.29, 0.717) is 20.3 Å². The predicted molar refractivity (Wildman–Crippen MR) is 93.6 cm³/mol. The summed E-state index contributed by atoms with van der Waals surface area (Å²) in [5.74, 6) is 0.0672. The van der Waals surface area contributed by atoms with Gasteiger partial charge < -0.3 is 4.74 Å². The standard InChI is InChI=1S/C14H8Br4O2/c15-7-8-1-3-9(4-2-8)14(19)20-13-11(17)5-10(16)6-12(13)18/h1-6H,7H2. The first-order valence-corrected chi connectivity index (χ1v) is 9.03. The Kier molecular flexibility index (Phi) is 5.84. The van der Waals surface area contributed by atoms with E-state index in [-0.39, 0.29) is 0 Å². The summed E-state index contributed by atoms with van der Waals surface area (Å²) in [6, 6.07) is 10.9. The van der Waals surface area contributed by atoms with Crippen molar-refractivity contribution in [1.29, 1.82) is 0 Å². The van der Waals surface area contributed by atoms with Gasteiger partial charge in [0.1, 0.15) is 0 Å². The SMILES string of the molecule is O=C(Oc1c(Br)cc(Br)cc1Br)c1ccc(CBr)cc1. The van der Waals surface area contributed by atoms with Gasteiger partial charge in [0.15, 0.2) is 5.75 Å². The Hall–Kier alpha value is -0.170. The van der Waals surface area contributed by atoms with Crippen LogP contribution in [0.3, 0.4) is 0 Å². The molecule has 0 atom stereocenters. The lowest BCUT2D eigenvalue weighted by molar-refractivity contribution is 0.0732. The second-order valence-corrected chi connectivity index (χ2v) is 7.10. The molecular formula is C14H8Br4O2. The number of halogens is 4. The second-order valence-electron chi connectivity index (χ2n) is 3.92. The van der Waals surface area contributed by atoms with Crippen LogP contribution in [0, 0.1) is 0 Å². The van der Waals surface area contributed by atoms with Gasteiger partial charge in [0, 0.05) is 9.80 Å². The molecule has 0 spiro atoms. The van der Waals surface area contributed by atoms with Crippen molar-refractivity contribution in [3.8, 4) is 5.75 Å². The Morgan fingerprint density at radius 3 is 2.05 bits per heavy atom. The van der Waals surface area contributed by atoms with Gasteiger partial charge in [-0.05, 0) is 61.7 Å². The minimum Gasteiger partial charge on any atom is -0.421 e. The second kappa shape index (κ2) is 7.20. The van der Waals surface area contributed by atoms with Crippen molar-refractivity contribution in [3.05, 3.63) is 60.9 Å². The summed E-state index contributed by atoms with van der Waals surface area (Å²) < 4.78 is 7.71. The number of carbonyl (C=O) groups is 1. The van der Waals surface area contributed by atoms with Gasteiger partial charge in [-0.25, -0.2) is 4.79 Å². The molecule has 0 radical (unpaired) electrons. The van der Waals surface area contributed by atoms with Crippen molar-refractivity contribution in [2.75, 3.05) is 0 Å². The molecule has 2 nitrogen and oxygen atoms in total. The zero-order chi connectivity index (χ0) is 14.7. The van der Waals surface area contributed by atoms with Crippen molar-refractivity contribution >= 4 is 69.7 Å². The van der Waals surface area contributed by atoms with Gasteiger partial charge in [0.2, 0.25) is 0 Å². The van der Waals surface area contributed by atoms with Gasteiger partial charge in [-0.2, -0.15) is 0 Å². The maximum absolute atomic E-state index is 12.1. The van der Waals surface area contributed by atoms with Gasteiger partial charge in [-0.15, -0.1) is 0 Å². The van der Waals surface area contributed by atoms with Gasteiger partial charge in [-0.3, -0.25) is 0 Å². The molecule has 0 heterocycles. The van der Waals surface area contributed by atoms with E-state index in [2.05, 4.69) is 63.7 Å². The summed E-state index contributed by atoms with van der Waals surface area (Å²) in [6.07, 6.45) is 0. The van der Waals surface area contributed by atoms with E-state index in [1.807, 2.05) is 24.3 Å². The molecule has 0 N–H and O–H groups in total.